The average molecular weight is 400 g/mol. The molecule has 4 heteroatoms. The van der Waals surface area contributed by atoms with Crippen molar-refractivity contribution in [2.45, 2.75) is 25.7 Å². The van der Waals surface area contributed by atoms with Crippen LogP contribution in [0.3, 0.4) is 0 Å². The van der Waals surface area contributed by atoms with Gasteiger partial charge in [0.15, 0.2) is 0 Å². The van der Waals surface area contributed by atoms with Gasteiger partial charge in [-0.15, -0.1) is 0 Å². The first kappa shape index (κ1) is 20.1. The van der Waals surface area contributed by atoms with Crippen molar-refractivity contribution in [3.8, 4) is 0 Å². The summed E-state index contributed by atoms with van der Waals surface area (Å²) < 4.78 is 0. The van der Waals surface area contributed by atoms with Crippen molar-refractivity contribution >= 4 is 11.6 Å². The summed E-state index contributed by atoms with van der Waals surface area (Å²) in [6.45, 7) is 2.46. The van der Waals surface area contributed by atoms with Crippen LogP contribution < -0.4 is 5.32 Å². The minimum Gasteiger partial charge on any atom is -0.383 e. The zero-order valence-corrected chi connectivity index (χ0v) is 17.3. The van der Waals surface area contributed by atoms with E-state index in [1.165, 1.54) is 11.1 Å². The second kappa shape index (κ2) is 10.1. The number of amides is 1. The molecule has 0 aliphatic carbocycles. The van der Waals surface area contributed by atoms with Crippen molar-refractivity contribution in [1.29, 1.82) is 0 Å². The third kappa shape index (κ3) is 5.47. The number of nitrogens with zero attached hydrogens (tertiary/aromatic N) is 2. The first-order valence-corrected chi connectivity index (χ1v) is 10.8. The molecule has 0 unspecified atom stereocenters. The zero-order valence-electron chi connectivity index (χ0n) is 17.3. The van der Waals surface area contributed by atoms with Crippen LogP contribution in [-0.2, 0) is 12.8 Å². The van der Waals surface area contributed by atoms with Crippen LogP contribution in [0.5, 0.6) is 0 Å². The first-order chi connectivity index (χ1) is 14.8. The molecule has 0 saturated carbocycles. The summed E-state index contributed by atoms with van der Waals surface area (Å²) in [5.41, 5.74) is 4.25. The molecule has 0 radical (unpaired) electrons. The number of aromatic nitrogens is 1. The summed E-state index contributed by atoms with van der Waals surface area (Å²) in [7, 11) is 0. The quantitative estimate of drug-likeness (QED) is 0.619. The van der Waals surface area contributed by atoms with Crippen LogP contribution >= 0.6 is 0 Å². The van der Waals surface area contributed by atoms with E-state index < -0.39 is 0 Å². The van der Waals surface area contributed by atoms with Gasteiger partial charge in [-0.2, -0.15) is 0 Å². The summed E-state index contributed by atoms with van der Waals surface area (Å²) in [5.74, 6) is 0.743. The Bertz CT molecular complexity index is 935. The van der Waals surface area contributed by atoms with Crippen LogP contribution in [0.4, 0.5) is 5.69 Å². The van der Waals surface area contributed by atoms with Gasteiger partial charge in [-0.1, -0.05) is 60.7 Å². The number of pyridine rings is 1. The van der Waals surface area contributed by atoms with E-state index in [1.54, 1.807) is 12.4 Å². The fraction of sp³-hybridized carbons (Fsp3) is 0.308. The van der Waals surface area contributed by atoms with Gasteiger partial charge in [0.2, 0.25) is 0 Å². The predicted molar refractivity (Wildman–Crippen MR) is 122 cm³/mol. The number of rotatable bonds is 7. The highest BCUT2D eigenvalue weighted by molar-refractivity contribution is 5.94. The van der Waals surface area contributed by atoms with Gasteiger partial charge in [0, 0.05) is 32.0 Å². The van der Waals surface area contributed by atoms with E-state index in [2.05, 4.69) is 64.9 Å². The lowest BCUT2D eigenvalue weighted by atomic mass is 9.90. The molecule has 2 aromatic carbocycles. The molecule has 1 aliphatic heterocycles. The van der Waals surface area contributed by atoms with Crippen LogP contribution in [0.25, 0.3) is 0 Å². The van der Waals surface area contributed by atoms with Crippen molar-refractivity contribution in [1.82, 2.24) is 9.88 Å². The third-order valence-electron chi connectivity index (χ3n) is 5.84. The molecule has 3 aromatic rings. The molecule has 0 atom stereocenters. The number of nitrogens with one attached hydrogen (secondary N) is 1. The van der Waals surface area contributed by atoms with E-state index in [-0.39, 0.29) is 5.91 Å². The Hall–Kier alpha value is -3.14. The lowest BCUT2D eigenvalue weighted by Crippen LogP contribution is -2.39. The molecule has 1 fully saturated rings. The van der Waals surface area contributed by atoms with Crippen molar-refractivity contribution in [3.05, 3.63) is 95.8 Å². The van der Waals surface area contributed by atoms with Gasteiger partial charge >= 0.3 is 0 Å². The van der Waals surface area contributed by atoms with Gasteiger partial charge in [-0.25, -0.2) is 0 Å². The molecule has 30 heavy (non-hydrogen) atoms. The Morgan fingerprint density at radius 3 is 2.30 bits per heavy atom. The van der Waals surface area contributed by atoms with Gasteiger partial charge < -0.3 is 10.2 Å². The molecule has 1 saturated heterocycles. The molecule has 1 aromatic heterocycles. The van der Waals surface area contributed by atoms with Crippen LogP contribution in [0.15, 0.2) is 79.1 Å². The van der Waals surface area contributed by atoms with E-state index in [4.69, 9.17) is 0 Å². The molecule has 1 amide bonds. The van der Waals surface area contributed by atoms with Gasteiger partial charge in [-0.05, 0) is 48.8 Å². The molecule has 0 spiro atoms. The van der Waals surface area contributed by atoms with Gasteiger partial charge in [0.1, 0.15) is 0 Å². The Morgan fingerprint density at radius 2 is 1.60 bits per heavy atom. The minimum absolute atomic E-state index is 0.0902. The van der Waals surface area contributed by atoms with Crippen molar-refractivity contribution in [2.24, 2.45) is 5.92 Å². The van der Waals surface area contributed by atoms with Crippen molar-refractivity contribution in [3.63, 3.8) is 0 Å². The largest absolute Gasteiger partial charge is 0.383 e. The maximum Gasteiger partial charge on any atom is 0.255 e. The summed E-state index contributed by atoms with van der Waals surface area (Å²) in [6, 6.07) is 23.0. The molecule has 0 bridgehead atoms. The van der Waals surface area contributed by atoms with E-state index >= 15 is 0 Å². The SMILES string of the molecule is O=C(c1cncc(NCCc2ccccc2)c1)N1CCC(Cc2ccccc2)CC1. The standard InChI is InChI=1S/C26H29N3O/c30-26(29-15-12-23(13-16-29)17-22-9-5-2-6-10-22)24-18-25(20-27-19-24)28-14-11-21-7-3-1-4-8-21/h1-10,18-20,23,28H,11-17H2. The highest BCUT2D eigenvalue weighted by atomic mass is 16.2. The number of hydrogen-bond acceptors (Lipinski definition) is 3. The summed E-state index contributed by atoms with van der Waals surface area (Å²) in [6.07, 6.45) is 7.62. The normalized spacial score (nSPS) is 14.5. The number of benzene rings is 2. The fourth-order valence-corrected chi connectivity index (χ4v) is 4.12. The van der Waals surface area contributed by atoms with Crippen LogP contribution in [-0.4, -0.2) is 35.4 Å². The predicted octanol–water partition coefficient (Wildman–Crippen LogP) is 4.83. The molecule has 2 heterocycles. The molecule has 4 rings (SSSR count). The molecular weight excluding hydrogens is 370 g/mol. The number of carbonyl (C=O) groups is 1. The van der Waals surface area contributed by atoms with Crippen LogP contribution in [0.2, 0.25) is 0 Å². The highest BCUT2D eigenvalue weighted by Gasteiger charge is 2.24. The second-order valence-corrected chi connectivity index (χ2v) is 8.05. The van der Waals surface area contributed by atoms with E-state index in [0.29, 0.717) is 11.5 Å². The Kier molecular flexibility index (Phi) is 6.75. The Morgan fingerprint density at radius 1 is 0.933 bits per heavy atom. The average Bonchev–Trinajstić information content (AvgIpc) is 2.81. The topological polar surface area (TPSA) is 45.2 Å². The summed E-state index contributed by atoms with van der Waals surface area (Å²) in [4.78, 5) is 19.2. The maximum absolute atomic E-state index is 13.0. The van der Waals surface area contributed by atoms with Crippen LogP contribution in [0.1, 0.15) is 34.3 Å². The number of likely N-dealkylation sites (tertiary alicyclic amines) is 1. The molecule has 154 valence electrons. The van der Waals surface area contributed by atoms with Crippen LogP contribution in [0, 0.1) is 5.92 Å². The summed E-state index contributed by atoms with van der Waals surface area (Å²) in [5, 5.41) is 3.39. The van der Waals surface area contributed by atoms with E-state index in [9.17, 15) is 4.79 Å². The lowest BCUT2D eigenvalue weighted by Gasteiger charge is -2.32. The number of anilines is 1. The lowest BCUT2D eigenvalue weighted by molar-refractivity contribution is 0.0690. The monoisotopic (exact) mass is 399 g/mol. The fourth-order valence-electron chi connectivity index (χ4n) is 4.12. The molecule has 1 aliphatic rings. The van der Waals surface area contributed by atoms with Crippen molar-refractivity contribution in [2.75, 3.05) is 25.0 Å². The number of piperidine rings is 1. The first-order valence-electron chi connectivity index (χ1n) is 10.8. The molecule has 4 nitrogen and oxygen atoms in total. The smallest absolute Gasteiger partial charge is 0.255 e. The second-order valence-electron chi connectivity index (χ2n) is 8.05. The van der Waals surface area contributed by atoms with Gasteiger partial charge in [0.25, 0.3) is 5.91 Å². The maximum atomic E-state index is 13.0. The summed E-state index contributed by atoms with van der Waals surface area (Å²) >= 11 is 0. The van der Waals surface area contributed by atoms with Gasteiger partial charge in [-0.3, -0.25) is 9.78 Å². The Balaban J connectivity index is 1.28. The molecular formula is C26H29N3O. The number of carbonyl (C=O) groups excluding carboxylic acids is 1. The van der Waals surface area contributed by atoms with E-state index in [0.717, 1.165) is 51.0 Å². The third-order valence-corrected chi connectivity index (χ3v) is 5.84. The van der Waals surface area contributed by atoms with Crippen molar-refractivity contribution < 1.29 is 4.79 Å². The minimum atomic E-state index is 0.0902. The van der Waals surface area contributed by atoms with Gasteiger partial charge in [0.05, 0.1) is 11.3 Å². The van der Waals surface area contributed by atoms with E-state index in [1.807, 2.05) is 17.0 Å². The Labute approximate surface area is 179 Å². The number of hydrogen-bond donors (Lipinski definition) is 1. The molecule has 1 N–H and O–H groups in total. The highest BCUT2D eigenvalue weighted by Crippen LogP contribution is 2.23. The zero-order chi connectivity index (χ0) is 20.6.